The Morgan fingerprint density at radius 3 is 2.28 bits per heavy atom. The first-order valence-corrected chi connectivity index (χ1v) is 12.2. The highest BCUT2D eigenvalue weighted by Crippen LogP contribution is 2.60. The first kappa shape index (κ1) is 21.9. The number of hydrogen-bond donors (Lipinski definition) is 0. The van der Waals surface area contributed by atoms with E-state index in [0.717, 1.165) is 53.9 Å². The highest BCUT2D eigenvalue weighted by Gasteiger charge is 2.53. The highest BCUT2D eigenvalue weighted by atomic mass is 35.5. The Morgan fingerprint density at radius 2 is 1.66 bits per heavy atom. The normalized spacial score (nSPS) is 28.3. The largest absolute Gasteiger partial charge is 0.496 e. The Kier molecular flexibility index (Phi) is 5.98. The van der Waals surface area contributed by atoms with E-state index in [1.165, 1.54) is 19.3 Å². The van der Waals surface area contributed by atoms with Gasteiger partial charge in [0.15, 0.2) is 5.78 Å². The minimum absolute atomic E-state index is 0.102. The zero-order valence-electron chi connectivity index (χ0n) is 18.3. The number of hydrogen-bond acceptors (Lipinski definition) is 3. The Morgan fingerprint density at radius 1 is 1.00 bits per heavy atom. The number of allylic oxidation sites excluding steroid dienone is 1. The Labute approximate surface area is 199 Å². The van der Waals surface area contributed by atoms with Crippen molar-refractivity contribution in [2.45, 2.75) is 45.1 Å². The van der Waals surface area contributed by atoms with Gasteiger partial charge in [0.2, 0.25) is 0 Å². The first-order chi connectivity index (χ1) is 15.4. The molecule has 0 amide bonds. The van der Waals surface area contributed by atoms with Crippen molar-refractivity contribution in [3.63, 3.8) is 0 Å². The third kappa shape index (κ3) is 4.30. The molecule has 0 atom stereocenters. The van der Waals surface area contributed by atoms with Crippen molar-refractivity contribution in [2.24, 2.45) is 23.2 Å². The SMILES string of the molecule is COc1ccc(/C=C/C(=O)C23CC4CC(CC(C4)C2)C3)cc1COc1ccc(Cl)cc1Cl. The molecule has 0 aliphatic heterocycles. The van der Waals surface area contributed by atoms with Crippen LogP contribution >= 0.6 is 23.2 Å². The van der Waals surface area contributed by atoms with E-state index in [4.69, 9.17) is 32.7 Å². The Hall–Kier alpha value is -1.97. The Balaban J connectivity index is 1.31. The fraction of sp³-hybridized carbons (Fsp3) is 0.444. The molecule has 2 aromatic rings. The van der Waals surface area contributed by atoms with Gasteiger partial charge in [-0.3, -0.25) is 4.79 Å². The van der Waals surface area contributed by atoms with E-state index in [1.54, 1.807) is 25.3 Å². The molecule has 0 saturated heterocycles. The molecule has 4 aliphatic carbocycles. The van der Waals surface area contributed by atoms with Gasteiger partial charge in [-0.2, -0.15) is 0 Å². The summed E-state index contributed by atoms with van der Waals surface area (Å²) in [5.74, 6) is 3.92. The van der Waals surface area contributed by atoms with Crippen molar-refractivity contribution >= 4 is 35.1 Å². The molecule has 3 nitrogen and oxygen atoms in total. The van der Waals surface area contributed by atoms with E-state index in [9.17, 15) is 4.79 Å². The quantitative estimate of drug-likeness (QED) is 0.395. The maximum Gasteiger partial charge on any atom is 0.161 e. The lowest BCUT2D eigenvalue weighted by Gasteiger charge is -2.55. The maximum absolute atomic E-state index is 13.3. The van der Waals surface area contributed by atoms with E-state index in [2.05, 4.69) is 0 Å². The monoisotopic (exact) mass is 470 g/mol. The molecule has 0 N–H and O–H groups in total. The van der Waals surface area contributed by atoms with Crippen LogP contribution in [0.4, 0.5) is 0 Å². The molecule has 0 radical (unpaired) electrons. The topological polar surface area (TPSA) is 35.5 Å². The average Bonchev–Trinajstić information content (AvgIpc) is 2.76. The number of methoxy groups -OCH3 is 1. The summed E-state index contributed by atoms with van der Waals surface area (Å²) >= 11 is 12.2. The molecule has 0 spiro atoms. The molecule has 0 heterocycles. The summed E-state index contributed by atoms with van der Waals surface area (Å²) in [6.07, 6.45) is 11.1. The number of halogens is 2. The average molecular weight is 471 g/mol. The van der Waals surface area contributed by atoms with Crippen LogP contribution in [0.3, 0.4) is 0 Å². The zero-order valence-corrected chi connectivity index (χ0v) is 19.8. The van der Waals surface area contributed by atoms with Gasteiger partial charge in [-0.05, 0) is 98.2 Å². The molecular weight excluding hydrogens is 443 g/mol. The lowest BCUT2D eigenvalue weighted by Crippen LogP contribution is -2.49. The van der Waals surface area contributed by atoms with Gasteiger partial charge in [0.1, 0.15) is 18.1 Å². The second-order valence-corrected chi connectivity index (χ2v) is 10.7. The molecule has 4 fully saturated rings. The molecular formula is C27H28Cl2O3. The summed E-state index contributed by atoms with van der Waals surface area (Å²) in [5.41, 5.74) is 1.75. The smallest absolute Gasteiger partial charge is 0.161 e. The molecule has 168 valence electrons. The molecule has 4 bridgehead atoms. The number of carbonyl (C=O) groups excluding carboxylic acids is 1. The number of rotatable bonds is 7. The predicted octanol–water partition coefficient (Wildman–Crippen LogP) is 7.38. The van der Waals surface area contributed by atoms with Gasteiger partial charge < -0.3 is 9.47 Å². The van der Waals surface area contributed by atoms with Crippen LogP contribution in [0, 0.1) is 23.2 Å². The van der Waals surface area contributed by atoms with Crippen molar-refractivity contribution in [1.82, 2.24) is 0 Å². The molecule has 4 saturated carbocycles. The second kappa shape index (κ2) is 8.76. The van der Waals surface area contributed by atoms with Gasteiger partial charge in [0, 0.05) is 16.0 Å². The molecule has 6 rings (SSSR count). The predicted molar refractivity (Wildman–Crippen MR) is 128 cm³/mol. The van der Waals surface area contributed by atoms with Gasteiger partial charge in [0.25, 0.3) is 0 Å². The third-order valence-corrected chi connectivity index (χ3v) is 8.10. The van der Waals surface area contributed by atoms with Crippen LogP contribution in [0.25, 0.3) is 6.08 Å². The summed E-state index contributed by atoms with van der Waals surface area (Å²) in [7, 11) is 1.64. The Bertz CT molecular complexity index is 1020. The number of benzene rings is 2. The third-order valence-electron chi connectivity index (χ3n) is 7.57. The zero-order chi connectivity index (χ0) is 22.3. The van der Waals surface area contributed by atoms with Crippen LogP contribution in [0.2, 0.25) is 10.0 Å². The summed E-state index contributed by atoms with van der Waals surface area (Å²) in [4.78, 5) is 13.3. The van der Waals surface area contributed by atoms with Crippen molar-refractivity contribution < 1.29 is 14.3 Å². The summed E-state index contributed by atoms with van der Waals surface area (Å²) in [5, 5.41) is 1.03. The van der Waals surface area contributed by atoms with Crippen LogP contribution in [0.5, 0.6) is 11.5 Å². The maximum atomic E-state index is 13.3. The van der Waals surface area contributed by atoms with Gasteiger partial charge in [-0.25, -0.2) is 0 Å². The van der Waals surface area contributed by atoms with Gasteiger partial charge >= 0.3 is 0 Å². The second-order valence-electron chi connectivity index (χ2n) is 9.83. The van der Waals surface area contributed by atoms with E-state index in [1.807, 2.05) is 30.4 Å². The molecule has 5 heteroatoms. The molecule has 0 aromatic heterocycles. The van der Waals surface area contributed by atoms with E-state index < -0.39 is 0 Å². The van der Waals surface area contributed by atoms with E-state index in [0.29, 0.717) is 28.2 Å². The van der Waals surface area contributed by atoms with Gasteiger partial charge in [-0.1, -0.05) is 35.3 Å². The van der Waals surface area contributed by atoms with Crippen LogP contribution < -0.4 is 9.47 Å². The van der Waals surface area contributed by atoms with Crippen LogP contribution in [-0.2, 0) is 11.4 Å². The standard InChI is InChI=1S/C27H28Cl2O3/c1-31-24-5-2-17(11-21(24)16-32-25-6-4-22(28)12-23(25)29)3-7-26(30)27-13-18-8-19(14-27)10-20(9-18)15-27/h2-7,11-12,18-20H,8-10,13-16H2,1H3/b7-3+. The van der Waals surface area contributed by atoms with Crippen molar-refractivity contribution in [1.29, 1.82) is 0 Å². The summed E-state index contributed by atoms with van der Waals surface area (Å²) in [6.45, 7) is 0.301. The highest BCUT2D eigenvalue weighted by molar-refractivity contribution is 6.35. The fourth-order valence-corrected chi connectivity index (χ4v) is 6.99. The van der Waals surface area contributed by atoms with Crippen LogP contribution in [0.15, 0.2) is 42.5 Å². The van der Waals surface area contributed by atoms with E-state index in [-0.39, 0.29) is 5.41 Å². The summed E-state index contributed by atoms with van der Waals surface area (Å²) < 4.78 is 11.4. The minimum Gasteiger partial charge on any atom is -0.496 e. The first-order valence-electron chi connectivity index (χ1n) is 11.4. The number of ketones is 1. The number of carbonyl (C=O) groups is 1. The minimum atomic E-state index is -0.102. The van der Waals surface area contributed by atoms with Crippen LogP contribution in [0.1, 0.15) is 49.7 Å². The van der Waals surface area contributed by atoms with Crippen molar-refractivity contribution in [3.05, 3.63) is 63.6 Å². The number of ether oxygens (including phenoxy) is 2. The fourth-order valence-electron chi connectivity index (χ4n) is 6.52. The van der Waals surface area contributed by atoms with Gasteiger partial charge in [-0.15, -0.1) is 0 Å². The van der Waals surface area contributed by atoms with Gasteiger partial charge in [0.05, 0.1) is 12.1 Å². The van der Waals surface area contributed by atoms with Crippen molar-refractivity contribution in [3.8, 4) is 11.5 Å². The molecule has 0 unspecified atom stereocenters. The molecule has 32 heavy (non-hydrogen) atoms. The van der Waals surface area contributed by atoms with Crippen molar-refractivity contribution in [2.75, 3.05) is 7.11 Å². The molecule has 4 aliphatic rings. The lowest BCUT2D eigenvalue weighted by molar-refractivity contribution is -0.138. The van der Waals surface area contributed by atoms with Crippen LogP contribution in [-0.4, -0.2) is 12.9 Å². The lowest BCUT2D eigenvalue weighted by atomic mass is 9.48. The molecule has 2 aromatic carbocycles. The van der Waals surface area contributed by atoms with E-state index >= 15 is 0 Å². The summed E-state index contributed by atoms with van der Waals surface area (Å²) in [6, 6.07) is 11.1.